The highest BCUT2D eigenvalue weighted by Crippen LogP contribution is 2.17. The molecule has 0 aliphatic heterocycles. The van der Waals surface area contributed by atoms with Crippen LogP contribution in [0.15, 0.2) is 12.1 Å². The van der Waals surface area contributed by atoms with Gasteiger partial charge in [0.25, 0.3) is 0 Å². The zero-order valence-corrected chi connectivity index (χ0v) is 9.86. The number of Topliss-reactive ketones (excluding diaryl/α,β-unsaturated/α-hetero) is 1. The van der Waals surface area contributed by atoms with Gasteiger partial charge in [-0.05, 0) is 32.1 Å². The van der Waals surface area contributed by atoms with Crippen LogP contribution < -0.4 is 0 Å². The van der Waals surface area contributed by atoms with Crippen molar-refractivity contribution in [2.45, 2.75) is 20.3 Å². The van der Waals surface area contributed by atoms with Gasteiger partial charge in [-0.2, -0.15) is 0 Å². The van der Waals surface area contributed by atoms with Crippen LogP contribution in [0, 0.1) is 0 Å². The number of thiophene rings is 1. The summed E-state index contributed by atoms with van der Waals surface area (Å²) in [7, 11) is 1.96. The number of ketones is 1. The number of hydrogen-bond acceptors (Lipinski definition) is 3. The van der Waals surface area contributed by atoms with Gasteiger partial charge in [0.15, 0.2) is 5.78 Å². The molecule has 0 spiro atoms. The van der Waals surface area contributed by atoms with E-state index in [0.717, 1.165) is 17.8 Å². The Morgan fingerprint density at radius 1 is 1.43 bits per heavy atom. The van der Waals surface area contributed by atoms with Crippen LogP contribution in [0.2, 0.25) is 0 Å². The average molecular weight is 211 g/mol. The van der Waals surface area contributed by atoms with Gasteiger partial charge in [0.1, 0.15) is 0 Å². The Balaban J connectivity index is 2.60. The summed E-state index contributed by atoms with van der Waals surface area (Å²) in [6.07, 6.45) is 1.02. The molecule has 1 aromatic rings. The summed E-state index contributed by atoms with van der Waals surface area (Å²) in [6, 6.07) is 3.99. The average Bonchev–Trinajstić information content (AvgIpc) is 2.65. The third kappa shape index (κ3) is 2.93. The second-order valence-electron chi connectivity index (χ2n) is 3.37. The first kappa shape index (κ1) is 11.4. The maximum Gasteiger partial charge on any atom is 0.186 e. The number of carbonyl (C=O) groups is 1. The van der Waals surface area contributed by atoms with Crippen LogP contribution >= 0.6 is 11.3 Å². The molecule has 0 aromatic carbocycles. The van der Waals surface area contributed by atoms with E-state index in [-0.39, 0.29) is 5.78 Å². The molecule has 0 atom stereocenters. The highest BCUT2D eigenvalue weighted by atomic mass is 32.1. The van der Waals surface area contributed by atoms with Gasteiger partial charge in [0.05, 0.1) is 11.4 Å². The van der Waals surface area contributed by atoms with Crippen molar-refractivity contribution in [3.63, 3.8) is 0 Å². The molecule has 2 nitrogen and oxygen atoms in total. The van der Waals surface area contributed by atoms with E-state index >= 15 is 0 Å². The smallest absolute Gasteiger partial charge is 0.186 e. The van der Waals surface area contributed by atoms with Crippen LogP contribution in [0.5, 0.6) is 0 Å². The van der Waals surface area contributed by atoms with E-state index in [0.29, 0.717) is 6.54 Å². The second-order valence-corrected chi connectivity index (χ2v) is 4.54. The molecular formula is C11H17NOS. The maximum absolute atomic E-state index is 11.7. The molecule has 0 saturated heterocycles. The van der Waals surface area contributed by atoms with Crippen molar-refractivity contribution in [2.75, 3.05) is 20.1 Å². The Bertz CT molecular complexity index is 306. The summed E-state index contributed by atoms with van der Waals surface area (Å²) in [5, 5.41) is 0. The lowest BCUT2D eigenvalue weighted by atomic mass is 10.3. The van der Waals surface area contributed by atoms with E-state index in [9.17, 15) is 4.79 Å². The molecule has 14 heavy (non-hydrogen) atoms. The van der Waals surface area contributed by atoms with E-state index in [1.54, 1.807) is 11.3 Å². The summed E-state index contributed by atoms with van der Waals surface area (Å²) < 4.78 is 0. The van der Waals surface area contributed by atoms with Gasteiger partial charge in [-0.15, -0.1) is 11.3 Å². The number of nitrogens with zero attached hydrogens (tertiary/aromatic N) is 1. The van der Waals surface area contributed by atoms with Gasteiger partial charge in [0, 0.05) is 4.88 Å². The van der Waals surface area contributed by atoms with Crippen molar-refractivity contribution in [3.8, 4) is 0 Å². The first-order valence-electron chi connectivity index (χ1n) is 4.97. The minimum atomic E-state index is 0.235. The number of hydrogen-bond donors (Lipinski definition) is 0. The van der Waals surface area contributed by atoms with E-state index in [4.69, 9.17) is 0 Å². The number of aryl methyl sites for hydroxylation is 1. The zero-order valence-electron chi connectivity index (χ0n) is 9.04. The maximum atomic E-state index is 11.7. The van der Waals surface area contributed by atoms with E-state index < -0.39 is 0 Å². The molecule has 0 saturated carbocycles. The molecule has 1 heterocycles. The Hall–Kier alpha value is -0.670. The lowest BCUT2D eigenvalue weighted by Crippen LogP contribution is -2.25. The number of carbonyl (C=O) groups excluding carboxylic acids is 1. The van der Waals surface area contributed by atoms with Gasteiger partial charge in [0.2, 0.25) is 0 Å². The lowest BCUT2D eigenvalue weighted by Gasteiger charge is -2.11. The van der Waals surface area contributed by atoms with Crippen molar-refractivity contribution in [1.29, 1.82) is 0 Å². The second kappa shape index (κ2) is 5.27. The van der Waals surface area contributed by atoms with E-state index in [2.05, 4.69) is 13.8 Å². The molecule has 1 aromatic heterocycles. The predicted octanol–water partition coefficient (Wildman–Crippen LogP) is 2.44. The molecule has 1 rings (SSSR count). The summed E-state index contributed by atoms with van der Waals surface area (Å²) in [6.45, 7) is 5.61. The van der Waals surface area contributed by atoms with Gasteiger partial charge in [-0.3, -0.25) is 9.69 Å². The minimum absolute atomic E-state index is 0.235. The monoisotopic (exact) mass is 211 g/mol. The van der Waals surface area contributed by atoms with E-state index in [1.807, 2.05) is 24.1 Å². The van der Waals surface area contributed by atoms with Crippen LogP contribution in [0.1, 0.15) is 28.4 Å². The van der Waals surface area contributed by atoms with Crippen molar-refractivity contribution >= 4 is 17.1 Å². The Morgan fingerprint density at radius 2 is 2.14 bits per heavy atom. The Kier molecular flexibility index (Phi) is 4.29. The largest absolute Gasteiger partial charge is 0.299 e. The normalized spacial score (nSPS) is 10.9. The highest BCUT2D eigenvalue weighted by Gasteiger charge is 2.10. The zero-order chi connectivity index (χ0) is 10.6. The molecule has 0 amide bonds. The standard InChI is InChI=1S/C11H17NOS/c1-4-9-6-7-11(14-9)10(13)8-12(3)5-2/h6-7H,4-5,8H2,1-3H3. The van der Waals surface area contributed by atoms with Gasteiger partial charge in [-0.25, -0.2) is 0 Å². The molecule has 0 unspecified atom stereocenters. The summed E-state index contributed by atoms with van der Waals surface area (Å²) >= 11 is 1.62. The quantitative estimate of drug-likeness (QED) is 0.697. The van der Waals surface area contributed by atoms with Gasteiger partial charge in [-0.1, -0.05) is 13.8 Å². The Morgan fingerprint density at radius 3 is 2.64 bits per heavy atom. The molecule has 0 N–H and O–H groups in total. The van der Waals surface area contributed by atoms with Crippen LogP contribution in [-0.4, -0.2) is 30.8 Å². The van der Waals surface area contributed by atoms with E-state index in [1.165, 1.54) is 4.88 Å². The van der Waals surface area contributed by atoms with Gasteiger partial charge < -0.3 is 0 Å². The fourth-order valence-corrected chi connectivity index (χ4v) is 2.03. The fourth-order valence-electron chi connectivity index (χ4n) is 1.15. The van der Waals surface area contributed by atoms with Crippen molar-refractivity contribution in [2.24, 2.45) is 0 Å². The molecule has 0 bridgehead atoms. The highest BCUT2D eigenvalue weighted by molar-refractivity contribution is 7.14. The van der Waals surface area contributed by atoms with Crippen LogP contribution in [0.25, 0.3) is 0 Å². The van der Waals surface area contributed by atoms with Crippen LogP contribution in [0.4, 0.5) is 0 Å². The molecule has 78 valence electrons. The summed E-state index contributed by atoms with van der Waals surface area (Å²) in [5.74, 6) is 0.235. The summed E-state index contributed by atoms with van der Waals surface area (Å²) in [4.78, 5) is 15.9. The fraction of sp³-hybridized carbons (Fsp3) is 0.545. The molecule has 3 heteroatoms. The van der Waals surface area contributed by atoms with Crippen LogP contribution in [0.3, 0.4) is 0 Å². The minimum Gasteiger partial charge on any atom is -0.299 e. The van der Waals surface area contributed by atoms with Crippen molar-refractivity contribution in [1.82, 2.24) is 4.90 Å². The Labute approximate surface area is 89.5 Å². The number of rotatable bonds is 5. The SMILES string of the molecule is CCc1ccc(C(=O)CN(C)CC)s1. The summed E-state index contributed by atoms with van der Waals surface area (Å²) in [5.41, 5.74) is 0. The van der Waals surface area contributed by atoms with Crippen LogP contribution in [-0.2, 0) is 6.42 Å². The predicted molar refractivity (Wildman–Crippen MR) is 61.2 cm³/mol. The molecule has 0 aliphatic rings. The first-order valence-corrected chi connectivity index (χ1v) is 5.79. The molecule has 0 fully saturated rings. The third-order valence-electron chi connectivity index (χ3n) is 2.24. The molecule has 0 radical (unpaired) electrons. The third-order valence-corrected chi connectivity index (χ3v) is 3.51. The van der Waals surface area contributed by atoms with Crippen molar-refractivity contribution < 1.29 is 4.79 Å². The van der Waals surface area contributed by atoms with Gasteiger partial charge >= 0.3 is 0 Å². The molecule has 0 aliphatic carbocycles. The topological polar surface area (TPSA) is 20.3 Å². The lowest BCUT2D eigenvalue weighted by molar-refractivity contribution is 0.0953. The first-order chi connectivity index (χ1) is 6.67. The number of likely N-dealkylation sites (N-methyl/N-ethyl adjacent to an activating group) is 1. The van der Waals surface area contributed by atoms with Crippen molar-refractivity contribution in [3.05, 3.63) is 21.9 Å². The molecular weight excluding hydrogens is 194 g/mol.